The molecule has 174 valence electrons. The van der Waals surface area contributed by atoms with Gasteiger partial charge >= 0.3 is 0 Å². The number of pyridine rings is 1. The van der Waals surface area contributed by atoms with Crippen LogP contribution in [-0.4, -0.2) is 41.1 Å². The summed E-state index contributed by atoms with van der Waals surface area (Å²) in [4.78, 5) is 17.5. The minimum Gasteiger partial charge on any atom is -0.310 e. The molecule has 0 saturated carbocycles. The van der Waals surface area contributed by atoms with Crippen molar-refractivity contribution in [1.29, 1.82) is 0 Å². The van der Waals surface area contributed by atoms with E-state index < -0.39 is 15.8 Å². The molecule has 1 saturated heterocycles. The molecule has 9 heteroatoms. The van der Waals surface area contributed by atoms with Gasteiger partial charge < -0.3 is 5.32 Å². The number of hydrogen-bond donors (Lipinski definition) is 1. The van der Waals surface area contributed by atoms with Gasteiger partial charge in [0.25, 0.3) is 0 Å². The van der Waals surface area contributed by atoms with Crippen molar-refractivity contribution in [2.75, 3.05) is 18.4 Å². The Morgan fingerprint density at radius 3 is 2.35 bits per heavy atom. The molecule has 1 aliphatic rings. The van der Waals surface area contributed by atoms with Crippen molar-refractivity contribution >= 4 is 27.4 Å². The zero-order valence-electron chi connectivity index (χ0n) is 18.3. The number of halogens is 1. The summed E-state index contributed by atoms with van der Waals surface area (Å²) in [6, 6.07) is 20.6. The second-order valence-corrected chi connectivity index (χ2v) is 10.1. The van der Waals surface area contributed by atoms with Gasteiger partial charge in [-0.1, -0.05) is 48.5 Å². The summed E-state index contributed by atoms with van der Waals surface area (Å²) in [6.45, 7) is 0.293. The number of carbonyl (C=O) groups is 1. The lowest BCUT2D eigenvalue weighted by molar-refractivity contribution is -0.120. The lowest BCUT2D eigenvalue weighted by atomic mass is 9.97. The van der Waals surface area contributed by atoms with Gasteiger partial charge in [0.15, 0.2) is 0 Å². The van der Waals surface area contributed by atoms with Gasteiger partial charge in [-0.15, -0.1) is 0 Å². The van der Waals surface area contributed by atoms with E-state index in [1.807, 2.05) is 59.1 Å². The topological polar surface area (TPSA) is 83.8 Å². The van der Waals surface area contributed by atoms with Crippen molar-refractivity contribution in [2.45, 2.75) is 17.7 Å². The fourth-order valence-corrected chi connectivity index (χ4v) is 5.82. The minimum atomic E-state index is -3.95. The molecule has 0 aliphatic carbocycles. The van der Waals surface area contributed by atoms with E-state index in [0.717, 1.165) is 11.6 Å². The molecule has 3 heterocycles. The molecule has 34 heavy (non-hydrogen) atoms. The predicted octanol–water partition coefficient (Wildman–Crippen LogP) is 4.18. The number of hydrogen-bond acceptors (Lipinski definition) is 4. The number of sulfonamides is 1. The number of amides is 1. The van der Waals surface area contributed by atoms with Crippen LogP contribution in [0.25, 0.3) is 16.9 Å². The third-order valence-corrected chi connectivity index (χ3v) is 8.03. The first-order chi connectivity index (χ1) is 16.4. The minimum absolute atomic E-state index is 0.146. The van der Waals surface area contributed by atoms with Crippen LogP contribution in [0.2, 0.25) is 0 Å². The summed E-state index contributed by atoms with van der Waals surface area (Å²) in [6.07, 6.45) is 2.53. The summed E-state index contributed by atoms with van der Waals surface area (Å²) in [5.41, 5.74) is 2.26. The van der Waals surface area contributed by atoms with E-state index in [0.29, 0.717) is 30.0 Å². The van der Waals surface area contributed by atoms with Crippen LogP contribution < -0.4 is 5.32 Å². The van der Waals surface area contributed by atoms with Gasteiger partial charge in [0.05, 0.1) is 0 Å². The quantitative estimate of drug-likeness (QED) is 0.467. The maximum absolute atomic E-state index is 14.1. The molecule has 0 radical (unpaired) electrons. The van der Waals surface area contributed by atoms with Crippen molar-refractivity contribution < 1.29 is 17.6 Å². The van der Waals surface area contributed by atoms with Crippen LogP contribution >= 0.6 is 0 Å². The lowest BCUT2D eigenvalue weighted by Crippen LogP contribution is -2.41. The van der Waals surface area contributed by atoms with E-state index >= 15 is 0 Å². The molecule has 2 aromatic heterocycles. The van der Waals surface area contributed by atoms with Gasteiger partial charge in [-0.05, 0) is 37.1 Å². The molecule has 0 spiro atoms. The van der Waals surface area contributed by atoms with Crippen LogP contribution in [0.15, 0.2) is 83.9 Å². The number of rotatable bonds is 5. The number of imidazole rings is 1. The van der Waals surface area contributed by atoms with E-state index in [1.54, 1.807) is 0 Å². The van der Waals surface area contributed by atoms with Crippen LogP contribution in [-0.2, 0) is 14.8 Å². The number of aromatic nitrogens is 2. The molecule has 1 fully saturated rings. The Morgan fingerprint density at radius 1 is 0.941 bits per heavy atom. The fraction of sp³-hybridized carbons (Fsp3) is 0.200. The normalized spacial score (nSPS) is 15.4. The van der Waals surface area contributed by atoms with Gasteiger partial charge in [0, 0.05) is 30.8 Å². The maximum Gasteiger partial charge on any atom is 0.245 e. The monoisotopic (exact) mass is 478 g/mol. The van der Waals surface area contributed by atoms with E-state index in [1.165, 1.54) is 22.5 Å². The molecule has 5 rings (SSSR count). The molecule has 4 aromatic rings. The first-order valence-electron chi connectivity index (χ1n) is 11.0. The average Bonchev–Trinajstić information content (AvgIpc) is 3.23. The third kappa shape index (κ3) is 4.08. The highest BCUT2D eigenvalue weighted by atomic mass is 32.2. The molecular weight excluding hydrogens is 455 g/mol. The second-order valence-electron chi connectivity index (χ2n) is 8.20. The first-order valence-corrected chi connectivity index (χ1v) is 12.5. The number of carbonyl (C=O) groups excluding carboxylic acids is 1. The Kier molecular flexibility index (Phi) is 5.89. The van der Waals surface area contributed by atoms with Crippen molar-refractivity contribution in [2.24, 2.45) is 5.92 Å². The van der Waals surface area contributed by atoms with Gasteiger partial charge in [-0.3, -0.25) is 9.20 Å². The number of nitrogens with one attached hydrogen (secondary N) is 1. The smallest absolute Gasteiger partial charge is 0.245 e. The van der Waals surface area contributed by atoms with E-state index in [-0.39, 0.29) is 29.8 Å². The highest BCUT2D eigenvalue weighted by molar-refractivity contribution is 7.89. The fourth-order valence-electron chi connectivity index (χ4n) is 4.28. The second kappa shape index (κ2) is 9.00. The molecule has 7 nitrogen and oxygen atoms in total. The first kappa shape index (κ1) is 22.2. The summed E-state index contributed by atoms with van der Waals surface area (Å²) < 4.78 is 42.9. The molecule has 1 N–H and O–H groups in total. The van der Waals surface area contributed by atoms with Crippen molar-refractivity contribution in [3.8, 4) is 11.3 Å². The summed E-state index contributed by atoms with van der Waals surface area (Å²) in [5, 5.41) is 3.03. The maximum atomic E-state index is 14.1. The number of fused-ring (bicyclic) bond motifs is 1. The molecule has 0 bridgehead atoms. The third-order valence-electron chi connectivity index (χ3n) is 6.10. The molecule has 1 amide bonds. The average molecular weight is 479 g/mol. The predicted molar refractivity (Wildman–Crippen MR) is 127 cm³/mol. The van der Waals surface area contributed by atoms with Crippen molar-refractivity contribution in [3.05, 3.63) is 84.8 Å². The summed E-state index contributed by atoms with van der Waals surface area (Å²) in [5.74, 6) is -0.757. The molecular formula is C25H23FN4O3S. The summed E-state index contributed by atoms with van der Waals surface area (Å²) in [7, 11) is -3.95. The van der Waals surface area contributed by atoms with Crippen molar-refractivity contribution in [1.82, 2.24) is 13.7 Å². The van der Waals surface area contributed by atoms with Crippen LogP contribution in [0.1, 0.15) is 12.8 Å². The highest BCUT2D eigenvalue weighted by Gasteiger charge is 2.34. The Labute approximate surface area is 196 Å². The number of benzene rings is 2. The number of nitrogens with zero attached hydrogens (tertiary/aromatic N) is 3. The van der Waals surface area contributed by atoms with Gasteiger partial charge in [0.1, 0.15) is 27.9 Å². The Balaban J connectivity index is 1.34. The Bertz CT molecular complexity index is 1450. The van der Waals surface area contributed by atoms with Crippen LogP contribution in [0.5, 0.6) is 0 Å². The highest BCUT2D eigenvalue weighted by Crippen LogP contribution is 2.31. The van der Waals surface area contributed by atoms with Crippen LogP contribution in [0, 0.1) is 11.7 Å². The largest absolute Gasteiger partial charge is 0.310 e. The number of anilines is 1. The zero-order chi connectivity index (χ0) is 23.7. The summed E-state index contributed by atoms with van der Waals surface area (Å²) >= 11 is 0. The standard InChI is InChI=1S/C25H23FN4O3S/c26-20-10-4-5-11-21(20)34(32,33)29-16-13-19(14-17-29)25(31)28-24-23(18-8-2-1-3-9-18)27-22-12-6-7-15-30(22)24/h1-12,15,19H,13-14,16-17H2,(H,28,31). The molecule has 0 atom stereocenters. The van der Waals surface area contributed by atoms with E-state index in [4.69, 9.17) is 4.98 Å². The van der Waals surface area contributed by atoms with Gasteiger partial charge in [-0.25, -0.2) is 17.8 Å². The van der Waals surface area contributed by atoms with Crippen LogP contribution in [0.3, 0.4) is 0 Å². The van der Waals surface area contributed by atoms with E-state index in [2.05, 4.69) is 5.32 Å². The Hall–Kier alpha value is -3.56. The molecule has 2 aromatic carbocycles. The van der Waals surface area contributed by atoms with Crippen molar-refractivity contribution in [3.63, 3.8) is 0 Å². The zero-order valence-corrected chi connectivity index (χ0v) is 19.1. The van der Waals surface area contributed by atoms with E-state index in [9.17, 15) is 17.6 Å². The van der Waals surface area contributed by atoms with Gasteiger partial charge in [-0.2, -0.15) is 4.31 Å². The number of piperidine rings is 1. The molecule has 0 unspecified atom stereocenters. The van der Waals surface area contributed by atoms with Crippen LogP contribution in [0.4, 0.5) is 10.2 Å². The Morgan fingerprint density at radius 2 is 1.62 bits per heavy atom. The van der Waals surface area contributed by atoms with Gasteiger partial charge in [0.2, 0.25) is 15.9 Å². The lowest BCUT2D eigenvalue weighted by Gasteiger charge is -2.30. The molecule has 1 aliphatic heterocycles. The SMILES string of the molecule is O=C(Nc1c(-c2ccccc2)nc2ccccn12)C1CCN(S(=O)(=O)c2ccccc2F)CC1.